The van der Waals surface area contributed by atoms with Crippen LogP contribution < -0.4 is 11.1 Å². The summed E-state index contributed by atoms with van der Waals surface area (Å²) in [7, 11) is 0. The quantitative estimate of drug-likeness (QED) is 0.777. The van der Waals surface area contributed by atoms with Crippen LogP contribution in [0.1, 0.15) is 21.5 Å². The van der Waals surface area contributed by atoms with Crippen LogP contribution in [-0.2, 0) is 0 Å². The summed E-state index contributed by atoms with van der Waals surface area (Å²) in [6.45, 7) is 1.90. The number of aryl methyl sites for hydroxylation is 1. The molecule has 108 valence electrons. The third-order valence-electron chi connectivity index (χ3n) is 2.95. The standard InChI is InChI=1S/C15H12BrClN2OS/c1-8-2-3-9(14(18)21)7-13(8)19-15(20)10-4-5-11(16)12(17)6-10/h2-7H,1H3,(H2,18,21)(H,19,20). The maximum absolute atomic E-state index is 12.3. The zero-order chi connectivity index (χ0) is 15.6. The van der Waals surface area contributed by atoms with Crippen molar-refractivity contribution < 1.29 is 4.79 Å². The minimum Gasteiger partial charge on any atom is -0.389 e. The second-order valence-electron chi connectivity index (χ2n) is 4.48. The van der Waals surface area contributed by atoms with Crippen molar-refractivity contribution in [3.8, 4) is 0 Å². The molecule has 0 heterocycles. The number of hydrogen-bond acceptors (Lipinski definition) is 2. The summed E-state index contributed by atoms with van der Waals surface area (Å²) in [5, 5.41) is 3.32. The van der Waals surface area contributed by atoms with E-state index in [1.807, 2.05) is 19.1 Å². The van der Waals surface area contributed by atoms with E-state index >= 15 is 0 Å². The van der Waals surface area contributed by atoms with Crippen LogP contribution in [0.5, 0.6) is 0 Å². The third kappa shape index (κ3) is 3.81. The van der Waals surface area contributed by atoms with Gasteiger partial charge in [-0.15, -0.1) is 0 Å². The molecule has 2 rings (SSSR count). The number of anilines is 1. The van der Waals surface area contributed by atoms with Crippen molar-refractivity contribution in [3.05, 3.63) is 62.6 Å². The number of benzene rings is 2. The highest BCUT2D eigenvalue weighted by Crippen LogP contribution is 2.24. The fraction of sp³-hybridized carbons (Fsp3) is 0.0667. The Morgan fingerprint density at radius 1 is 1.24 bits per heavy atom. The van der Waals surface area contributed by atoms with Crippen molar-refractivity contribution in [2.75, 3.05) is 5.32 Å². The number of nitrogens with one attached hydrogen (secondary N) is 1. The smallest absolute Gasteiger partial charge is 0.255 e. The van der Waals surface area contributed by atoms with Crippen molar-refractivity contribution in [2.24, 2.45) is 5.73 Å². The van der Waals surface area contributed by atoms with E-state index in [1.165, 1.54) is 0 Å². The minimum atomic E-state index is -0.243. The largest absolute Gasteiger partial charge is 0.389 e. The topological polar surface area (TPSA) is 55.1 Å². The SMILES string of the molecule is Cc1ccc(C(N)=S)cc1NC(=O)c1ccc(Br)c(Cl)c1. The van der Waals surface area contributed by atoms with E-state index in [1.54, 1.807) is 24.3 Å². The van der Waals surface area contributed by atoms with Crippen LogP contribution in [0.25, 0.3) is 0 Å². The normalized spacial score (nSPS) is 10.2. The first-order chi connectivity index (χ1) is 9.88. The van der Waals surface area contributed by atoms with Gasteiger partial charge in [-0.3, -0.25) is 4.79 Å². The zero-order valence-electron chi connectivity index (χ0n) is 11.1. The second kappa shape index (κ2) is 6.56. The molecule has 0 bridgehead atoms. The average molecular weight is 384 g/mol. The molecule has 0 aliphatic rings. The van der Waals surface area contributed by atoms with Gasteiger partial charge in [0.1, 0.15) is 4.99 Å². The van der Waals surface area contributed by atoms with Gasteiger partial charge in [0.05, 0.1) is 5.02 Å². The van der Waals surface area contributed by atoms with Crippen LogP contribution in [0.3, 0.4) is 0 Å². The first-order valence-corrected chi connectivity index (χ1v) is 7.63. The summed E-state index contributed by atoms with van der Waals surface area (Å²) < 4.78 is 0.743. The van der Waals surface area contributed by atoms with Crippen LogP contribution in [0, 0.1) is 6.92 Å². The van der Waals surface area contributed by atoms with Crippen LogP contribution in [0.15, 0.2) is 40.9 Å². The minimum absolute atomic E-state index is 0.243. The maximum Gasteiger partial charge on any atom is 0.255 e. The van der Waals surface area contributed by atoms with Crippen molar-refractivity contribution in [3.63, 3.8) is 0 Å². The Balaban J connectivity index is 2.28. The highest BCUT2D eigenvalue weighted by atomic mass is 79.9. The number of hydrogen-bond donors (Lipinski definition) is 2. The molecule has 0 spiro atoms. The summed E-state index contributed by atoms with van der Waals surface area (Å²) >= 11 is 14.2. The molecule has 3 nitrogen and oxygen atoms in total. The molecule has 3 N–H and O–H groups in total. The highest BCUT2D eigenvalue weighted by molar-refractivity contribution is 9.10. The lowest BCUT2D eigenvalue weighted by molar-refractivity contribution is 0.102. The zero-order valence-corrected chi connectivity index (χ0v) is 14.3. The molecule has 21 heavy (non-hydrogen) atoms. The monoisotopic (exact) mass is 382 g/mol. The van der Waals surface area contributed by atoms with Gasteiger partial charge in [-0.2, -0.15) is 0 Å². The Morgan fingerprint density at radius 3 is 2.52 bits per heavy atom. The van der Waals surface area contributed by atoms with Gasteiger partial charge in [0, 0.05) is 21.3 Å². The Labute approximate surface area is 141 Å². The Bertz CT molecular complexity index is 734. The van der Waals surface area contributed by atoms with Crippen molar-refractivity contribution in [1.29, 1.82) is 0 Å². The molecular formula is C15H12BrClN2OS. The van der Waals surface area contributed by atoms with Gasteiger partial charge in [-0.1, -0.05) is 36.0 Å². The van der Waals surface area contributed by atoms with Gasteiger partial charge in [-0.25, -0.2) is 0 Å². The predicted octanol–water partition coefficient (Wildman–Crippen LogP) is 4.30. The Hall–Kier alpha value is -1.43. The van der Waals surface area contributed by atoms with E-state index < -0.39 is 0 Å². The van der Waals surface area contributed by atoms with Gasteiger partial charge < -0.3 is 11.1 Å². The van der Waals surface area contributed by atoms with Gasteiger partial charge >= 0.3 is 0 Å². The first kappa shape index (κ1) is 15.9. The maximum atomic E-state index is 12.3. The van der Waals surface area contributed by atoms with Gasteiger partial charge in [-0.05, 0) is 52.7 Å². The number of carbonyl (C=O) groups excluding carboxylic acids is 1. The number of carbonyl (C=O) groups is 1. The number of nitrogens with two attached hydrogens (primary N) is 1. The molecule has 0 unspecified atom stereocenters. The lowest BCUT2D eigenvalue weighted by Crippen LogP contribution is -2.15. The first-order valence-electron chi connectivity index (χ1n) is 6.05. The molecule has 2 aromatic rings. The number of halogens is 2. The van der Waals surface area contributed by atoms with E-state index in [0.717, 1.165) is 10.0 Å². The number of thiocarbonyl (C=S) groups is 1. The highest BCUT2D eigenvalue weighted by Gasteiger charge is 2.10. The summed E-state index contributed by atoms with van der Waals surface area (Å²) in [5.41, 5.74) is 8.38. The third-order valence-corrected chi connectivity index (χ3v) is 4.42. The lowest BCUT2D eigenvalue weighted by Gasteiger charge is -2.10. The van der Waals surface area contributed by atoms with Crippen LogP contribution >= 0.6 is 39.7 Å². The molecule has 0 atom stereocenters. The summed E-state index contributed by atoms with van der Waals surface area (Å²) in [5.74, 6) is -0.243. The van der Waals surface area contributed by atoms with E-state index in [4.69, 9.17) is 29.6 Å². The molecule has 0 aliphatic carbocycles. The molecule has 6 heteroatoms. The Morgan fingerprint density at radius 2 is 1.90 bits per heavy atom. The Kier molecular flexibility index (Phi) is 4.98. The fourth-order valence-corrected chi connectivity index (χ4v) is 2.30. The number of rotatable bonds is 3. The van der Waals surface area contributed by atoms with Gasteiger partial charge in [0.15, 0.2) is 0 Å². The summed E-state index contributed by atoms with van der Waals surface area (Å²) in [6, 6.07) is 10.5. The summed E-state index contributed by atoms with van der Waals surface area (Å²) in [6.07, 6.45) is 0. The van der Waals surface area contributed by atoms with E-state index in [2.05, 4.69) is 21.2 Å². The summed E-state index contributed by atoms with van der Waals surface area (Å²) in [4.78, 5) is 12.6. The fourth-order valence-electron chi connectivity index (χ4n) is 1.74. The molecule has 0 saturated heterocycles. The average Bonchev–Trinajstić information content (AvgIpc) is 2.43. The molecule has 0 aromatic heterocycles. The number of amides is 1. The van der Waals surface area contributed by atoms with Crippen LogP contribution in [0.4, 0.5) is 5.69 Å². The van der Waals surface area contributed by atoms with Crippen molar-refractivity contribution >= 4 is 56.3 Å². The molecule has 0 saturated carbocycles. The lowest BCUT2D eigenvalue weighted by atomic mass is 10.1. The molecular weight excluding hydrogens is 372 g/mol. The molecule has 1 amide bonds. The molecule has 2 aromatic carbocycles. The molecule has 0 fully saturated rings. The molecule has 0 aliphatic heterocycles. The van der Waals surface area contributed by atoms with Crippen molar-refractivity contribution in [1.82, 2.24) is 0 Å². The van der Waals surface area contributed by atoms with Gasteiger partial charge in [0.25, 0.3) is 5.91 Å². The van der Waals surface area contributed by atoms with Crippen molar-refractivity contribution in [2.45, 2.75) is 6.92 Å². The predicted molar refractivity (Wildman–Crippen MR) is 94.2 cm³/mol. The van der Waals surface area contributed by atoms with E-state index in [9.17, 15) is 4.79 Å². The van der Waals surface area contributed by atoms with E-state index in [-0.39, 0.29) is 10.9 Å². The van der Waals surface area contributed by atoms with Crippen LogP contribution in [0.2, 0.25) is 5.02 Å². The van der Waals surface area contributed by atoms with E-state index in [0.29, 0.717) is 21.8 Å². The second-order valence-corrected chi connectivity index (χ2v) is 6.18. The molecule has 0 radical (unpaired) electrons. The van der Waals surface area contributed by atoms with Gasteiger partial charge in [0.2, 0.25) is 0 Å². The van der Waals surface area contributed by atoms with Crippen LogP contribution in [-0.4, -0.2) is 10.9 Å².